The van der Waals surface area contributed by atoms with E-state index in [1.165, 1.54) is 0 Å². The number of hydrogen-bond acceptors (Lipinski definition) is 3. The van der Waals surface area contributed by atoms with Gasteiger partial charge < -0.3 is 0 Å². The Morgan fingerprint density at radius 2 is 1.77 bits per heavy atom. The Hall–Kier alpha value is -1.46. The zero-order valence-corrected chi connectivity index (χ0v) is 14.7. The normalized spacial score (nSPS) is 11.6. The monoisotopic (exact) mass is 335 g/mol. The van der Waals surface area contributed by atoms with Crippen LogP contribution in [0.3, 0.4) is 0 Å². The van der Waals surface area contributed by atoms with Gasteiger partial charge in [0, 0.05) is 10.6 Å². The van der Waals surface area contributed by atoms with Crippen LogP contribution in [0.5, 0.6) is 0 Å². The topological polar surface area (TPSA) is 46.2 Å². The predicted molar refractivity (Wildman–Crippen MR) is 94.0 cm³/mol. The molecule has 2 aromatic rings. The summed E-state index contributed by atoms with van der Waals surface area (Å²) < 4.78 is 27.5. The zero-order valence-electron chi connectivity index (χ0n) is 13.0. The SMILES string of the molecule is CSc1cccc(NS(=O)(=O)c2ccc(CC(C)C)cc2)c1. The number of hydrogen-bond donors (Lipinski definition) is 1. The van der Waals surface area contributed by atoms with Crippen LogP contribution >= 0.6 is 11.8 Å². The lowest BCUT2D eigenvalue weighted by Gasteiger charge is -2.10. The molecule has 0 atom stereocenters. The van der Waals surface area contributed by atoms with Gasteiger partial charge in [-0.2, -0.15) is 0 Å². The molecule has 0 aliphatic heterocycles. The Bertz CT molecular complexity index is 723. The minimum atomic E-state index is -3.54. The molecule has 0 fully saturated rings. The van der Waals surface area contributed by atoms with Crippen molar-refractivity contribution in [3.8, 4) is 0 Å². The molecule has 5 heteroatoms. The molecule has 1 N–H and O–H groups in total. The highest BCUT2D eigenvalue weighted by Crippen LogP contribution is 2.22. The number of sulfonamides is 1. The van der Waals surface area contributed by atoms with Crippen LogP contribution in [0.1, 0.15) is 19.4 Å². The molecular formula is C17H21NO2S2. The molecule has 118 valence electrons. The largest absolute Gasteiger partial charge is 0.280 e. The molecule has 0 aliphatic rings. The van der Waals surface area contributed by atoms with E-state index in [0.717, 1.165) is 16.9 Å². The lowest BCUT2D eigenvalue weighted by molar-refractivity contribution is 0.601. The van der Waals surface area contributed by atoms with Crippen molar-refractivity contribution in [1.82, 2.24) is 0 Å². The van der Waals surface area contributed by atoms with E-state index < -0.39 is 10.0 Å². The van der Waals surface area contributed by atoms with E-state index in [0.29, 0.717) is 11.6 Å². The van der Waals surface area contributed by atoms with E-state index in [4.69, 9.17) is 0 Å². The lowest BCUT2D eigenvalue weighted by atomic mass is 10.0. The van der Waals surface area contributed by atoms with Crippen molar-refractivity contribution in [3.63, 3.8) is 0 Å². The summed E-state index contributed by atoms with van der Waals surface area (Å²) >= 11 is 1.58. The maximum Gasteiger partial charge on any atom is 0.261 e. The van der Waals surface area contributed by atoms with Crippen LogP contribution in [0.15, 0.2) is 58.3 Å². The van der Waals surface area contributed by atoms with Gasteiger partial charge >= 0.3 is 0 Å². The maximum absolute atomic E-state index is 12.4. The Balaban J connectivity index is 2.19. The second-order valence-electron chi connectivity index (χ2n) is 5.58. The average molecular weight is 335 g/mol. The Kier molecular flexibility index (Phi) is 5.53. The first-order chi connectivity index (χ1) is 10.4. The smallest absolute Gasteiger partial charge is 0.261 e. The molecule has 0 spiro atoms. The van der Waals surface area contributed by atoms with E-state index in [1.807, 2.05) is 36.6 Å². The van der Waals surface area contributed by atoms with Gasteiger partial charge in [-0.05, 0) is 54.5 Å². The second-order valence-corrected chi connectivity index (χ2v) is 8.14. The van der Waals surface area contributed by atoms with Crippen LogP contribution in [-0.2, 0) is 16.4 Å². The summed E-state index contributed by atoms with van der Waals surface area (Å²) in [5, 5.41) is 0. The fourth-order valence-electron chi connectivity index (χ4n) is 2.18. The van der Waals surface area contributed by atoms with Gasteiger partial charge in [0.2, 0.25) is 0 Å². The summed E-state index contributed by atoms with van der Waals surface area (Å²) in [4.78, 5) is 1.31. The fourth-order valence-corrected chi connectivity index (χ4v) is 3.69. The quantitative estimate of drug-likeness (QED) is 0.796. The highest BCUT2D eigenvalue weighted by Gasteiger charge is 2.14. The summed E-state index contributed by atoms with van der Waals surface area (Å²) in [6.07, 6.45) is 2.91. The van der Waals surface area contributed by atoms with Crippen molar-refractivity contribution in [2.24, 2.45) is 5.92 Å². The van der Waals surface area contributed by atoms with Gasteiger partial charge in [-0.15, -0.1) is 11.8 Å². The molecule has 0 amide bonds. The van der Waals surface area contributed by atoms with E-state index in [1.54, 1.807) is 30.0 Å². The highest BCUT2D eigenvalue weighted by molar-refractivity contribution is 7.98. The zero-order chi connectivity index (χ0) is 16.2. The van der Waals surface area contributed by atoms with E-state index >= 15 is 0 Å². The first kappa shape index (κ1) is 16.9. The molecule has 3 nitrogen and oxygen atoms in total. The third kappa shape index (κ3) is 4.52. The summed E-state index contributed by atoms with van der Waals surface area (Å²) in [6, 6.07) is 14.5. The molecule has 0 saturated carbocycles. The summed E-state index contributed by atoms with van der Waals surface area (Å²) in [7, 11) is -3.54. The van der Waals surface area contributed by atoms with Gasteiger partial charge in [0.1, 0.15) is 0 Å². The summed E-state index contributed by atoms with van der Waals surface area (Å²) in [5.41, 5.74) is 1.73. The second kappa shape index (κ2) is 7.20. The number of benzene rings is 2. The number of anilines is 1. The van der Waals surface area contributed by atoms with Gasteiger partial charge in [-0.3, -0.25) is 4.72 Å². The minimum absolute atomic E-state index is 0.287. The molecule has 0 bridgehead atoms. The van der Waals surface area contributed by atoms with Crippen LogP contribution < -0.4 is 4.72 Å². The predicted octanol–water partition coefficient (Wildman–Crippen LogP) is 4.41. The molecule has 2 aromatic carbocycles. The summed E-state index contributed by atoms with van der Waals surface area (Å²) in [5.74, 6) is 0.551. The highest BCUT2D eigenvalue weighted by atomic mass is 32.2. The van der Waals surface area contributed by atoms with Crippen molar-refractivity contribution >= 4 is 27.5 Å². The van der Waals surface area contributed by atoms with Crippen molar-refractivity contribution < 1.29 is 8.42 Å². The van der Waals surface area contributed by atoms with Gasteiger partial charge in [-0.25, -0.2) is 8.42 Å². The number of thioether (sulfide) groups is 1. The standard InChI is InChI=1S/C17H21NO2S2/c1-13(2)11-14-7-9-17(10-8-14)22(19,20)18-15-5-4-6-16(12-15)21-3/h4-10,12-13,18H,11H2,1-3H3. The van der Waals surface area contributed by atoms with E-state index in [9.17, 15) is 8.42 Å². The average Bonchev–Trinajstić information content (AvgIpc) is 2.47. The molecule has 0 unspecified atom stereocenters. The number of nitrogens with one attached hydrogen (secondary N) is 1. The Morgan fingerprint density at radius 3 is 2.36 bits per heavy atom. The Labute approximate surface area is 137 Å². The molecule has 0 aliphatic carbocycles. The first-order valence-corrected chi connectivity index (χ1v) is 9.87. The van der Waals surface area contributed by atoms with Gasteiger partial charge in [0.15, 0.2) is 0 Å². The van der Waals surface area contributed by atoms with Crippen molar-refractivity contribution in [1.29, 1.82) is 0 Å². The minimum Gasteiger partial charge on any atom is -0.280 e. The molecule has 22 heavy (non-hydrogen) atoms. The van der Waals surface area contributed by atoms with Crippen LogP contribution in [0.2, 0.25) is 0 Å². The van der Waals surface area contributed by atoms with Gasteiger partial charge in [0.05, 0.1) is 4.90 Å². The lowest BCUT2D eigenvalue weighted by Crippen LogP contribution is -2.13. The third-order valence-corrected chi connectivity index (χ3v) is 5.32. The van der Waals surface area contributed by atoms with Gasteiger partial charge in [-0.1, -0.05) is 32.0 Å². The van der Waals surface area contributed by atoms with Crippen molar-refractivity contribution in [3.05, 3.63) is 54.1 Å². The van der Waals surface area contributed by atoms with E-state index in [-0.39, 0.29) is 4.90 Å². The van der Waals surface area contributed by atoms with E-state index in [2.05, 4.69) is 18.6 Å². The molecule has 0 radical (unpaired) electrons. The summed E-state index contributed by atoms with van der Waals surface area (Å²) in [6.45, 7) is 4.29. The Morgan fingerprint density at radius 1 is 1.09 bits per heavy atom. The maximum atomic E-state index is 12.4. The van der Waals surface area contributed by atoms with Gasteiger partial charge in [0.25, 0.3) is 10.0 Å². The van der Waals surface area contributed by atoms with Crippen LogP contribution in [0, 0.1) is 5.92 Å². The van der Waals surface area contributed by atoms with Crippen molar-refractivity contribution in [2.45, 2.75) is 30.1 Å². The van der Waals surface area contributed by atoms with Crippen LogP contribution in [0.4, 0.5) is 5.69 Å². The van der Waals surface area contributed by atoms with Crippen molar-refractivity contribution in [2.75, 3.05) is 11.0 Å². The molecular weight excluding hydrogens is 314 g/mol. The number of rotatable bonds is 6. The third-order valence-electron chi connectivity index (χ3n) is 3.20. The molecule has 0 heterocycles. The van der Waals surface area contributed by atoms with Crippen LogP contribution in [-0.4, -0.2) is 14.7 Å². The fraction of sp³-hybridized carbons (Fsp3) is 0.294. The molecule has 0 saturated heterocycles. The van der Waals surface area contributed by atoms with Crippen LogP contribution in [0.25, 0.3) is 0 Å². The first-order valence-electron chi connectivity index (χ1n) is 7.16. The molecule has 0 aromatic heterocycles. The molecule has 2 rings (SSSR count).